The van der Waals surface area contributed by atoms with Crippen LogP contribution in [0.3, 0.4) is 0 Å². The molecule has 2 unspecified atom stereocenters. The molecule has 0 aliphatic heterocycles. The number of rotatable bonds is 5. The van der Waals surface area contributed by atoms with E-state index in [4.69, 9.17) is 11.5 Å². The molecule has 2 atom stereocenters. The largest absolute Gasteiger partial charge is 0.370 e. The predicted octanol–water partition coefficient (Wildman–Crippen LogP) is -0.355. The molecular weight excluding hydrogens is 230 g/mol. The standard InChI is InChI=1S/C13H17N3O2/c14-11(6-12(15)17)13(18)16-7-9-5-8-3-1-2-4-10(8)9/h1-4,9,11H,5-7,14H2,(H2,15,17)(H,16,18). The Balaban J connectivity index is 1.80. The van der Waals surface area contributed by atoms with Crippen molar-refractivity contribution in [1.82, 2.24) is 5.32 Å². The Kier molecular flexibility index (Phi) is 3.62. The molecule has 0 saturated heterocycles. The molecule has 5 heteroatoms. The molecule has 5 N–H and O–H groups in total. The van der Waals surface area contributed by atoms with Crippen molar-refractivity contribution in [2.24, 2.45) is 11.5 Å². The number of fused-ring (bicyclic) bond motifs is 1. The van der Waals surface area contributed by atoms with Crippen LogP contribution in [-0.4, -0.2) is 24.4 Å². The van der Waals surface area contributed by atoms with E-state index in [2.05, 4.69) is 17.4 Å². The van der Waals surface area contributed by atoms with Crippen LogP contribution in [0.2, 0.25) is 0 Å². The number of primary amides is 1. The van der Waals surface area contributed by atoms with E-state index >= 15 is 0 Å². The van der Waals surface area contributed by atoms with Gasteiger partial charge in [0.2, 0.25) is 11.8 Å². The minimum Gasteiger partial charge on any atom is -0.370 e. The Morgan fingerprint density at radius 3 is 2.78 bits per heavy atom. The van der Waals surface area contributed by atoms with Gasteiger partial charge in [0, 0.05) is 12.5 Å². The maximum atomic E-state index is 11.6. The van der Waals surface area contributed by atoms with Crippen LogP contribution in [0.25, 0.3) is 0 Å². The summed E-state index contributed by atoms with van der Waals surface area (Å²) in [6, 6.07) is 7.31. The van der Waals surface area contributed by atoms with Gasteiger partial charge in [0.05, 0.1) is 12.5 Å². The number of nitrogens with two attached hydrogens (primary N) is 2. The van der Waals surface area contributed by atoms with E-state index in [-0.39, 0.29) is 12.3 Å². The fourth-order valence-corrected chi connectivity index (χ4v) is 2.21. The molecule has 1 aliphatic rings. The zero-order valence-corrected chi connectivity index (χ0v) is 10.1. The maximum absolute atomic E-state index is 11.6. The second-order valence-electron chi connectivity index (χ2n) is 4.62. The molecule has 5 nitrogen and oxygen atoms in total. The highest BCUT2D eigenvalue weighted by Gasteiger charge is 2.26. The van der Waals surface area contributed by atoms with Gasteiger partial charge in [-0.2, -0.15) is 0 Å². The molecule has 1 aliphatic carbocycles. The molecule has 2 amide bonds. The number of hydrogen-bond acceptors (Lipinski definition) is 3. The lowest BCUT2D eigenvalue weighted by Crippen LogP contribution is -2.45. The molecule has 0 saturated carbocycles. The first-order valence-corrected chi connectivity index (χ1v) is 5.97. The monoisotopic (exact) mass is 247 g/mol. The first kappa shape index (κ1) is 12.6. The molecule has 0 spiro atoms. The number of nitrogens with one attached hydrogen (secondary N) is 1. The first-order chi connectivity index (χ1) is 8.58. The average molecular weight is 247 g/mol. The zero-order chi connectivity index (χ0) is 13.1. The van der Waals surface area contributed by atoms with Crippen molar-refractivity contribution in [3.05, 3.63) is 35.4 Å². The topological polar surface area (TPSA) is 98.2 Å². The van der Waals surface area contributed by atoms with E-state index < -0.39 is 11.9 Å². The minimum atomic E-state index is -0.849. The van der Waals surface area contributed by atoms with Crippen LogP contribution in [0.4, 0.5) is 0 Å². The van der Waals surface area contributed by atoms with Gasteiger partial charge in [-0.1, -0.05) is 24.3 Å². The van der Waals surface area contributed by atoms with Gasteiger partial charge in [0.25, 0.3) is 0 Å². The van der Waals surface area contributed by atoms with Gasteiger partial charge >= 0.3 is 0 Å². The molecule has 18 heavy (non-hydrogen) atoms. The summed E-state index contributed by atoms with van der Waals surface area (Å²) in [5, 5.41) is 2.76. The van der Waals surface area contributed by atoms with Crippen LogP contribution in [0, 0.1) is 0 Å². The highest BCUT2D eigenvalue weighted by Crippen LogP contribution is 2.33. The van der Waals surface area contributed by atoms with Crippen molar-refractivity contribution >= 4 is 11.8 Å². The number of carbonyl (C=O) groups is 2. The SMILES string of the molecule is NC(=O)CC(N)C(=O)NCC1Cc2ccccc21. The highest BCUT2D eigenvalue weighted by molar-refractivity contribution is 5.87. The Hall–Kier alpha value is -1.88. The summed E-state index contributed by atoms with van der Waals surface area (Å²) < 4.78 is 0. The smallest absolute Gasteiger partial charge is 0.237 e. The van der Waals surface area contributed by atoms with Crippen molar-refractivity contribution in [1.29, 1.82) is 0 Å². The van der Waals surface area contributed by atoms with Gasteiger partial charge in [-0.05, 0) is 17.5 Å². The number of benzene rings is 1. The summed E-state index contributed by atoms with van der Waals surface area (Å²) in [6.45, 7) is 0.558. The maximum Gasteiger partial charge on any atom is 0.237 e. The van der Waals surface area contributed by atoms with Crippen molar-refractivity contribution in [3.8, 4) is 0 Å². The molecule has 0 heterocycles. The third kappa shape index (κ3) is 2.68. The van der Waals surface area contributed by atoms with Crippen LogP contribution >= 0.6 is 0 Å². The lowest BCUT2D eigenvalue weighted by molar-refractivity contribution is -0.126. The van der Waals surface area contributed by atoms with E-state index in [1.54, 1.807) is 0 Å². The number of amides is 2. The first-order valence-electron chi connectivity index (χ1n) is 5.97. The molecular formula is C13H17N3O2. The summed E-state index contributed by atoms with van der Waals surface area (Å²) >= 11 is 0. The van der Waals surface area contributed by atoms with E-state index in [0.717, 1.165) is 6.42 Å². The summed E-state index contributed by atoms with van der Waals surface area (Å²) in [5.41, 5.74) is 13.1. The van der Waals surface area contributed by atoms with Gasteiger partial charge in [0.15, 0.2) is 0 Å². The van der Waals surface area contributed by atoms with Gasteiger partial charge in [-0.25, -0.2) is 0 Å². The molecule has 2 rings (SSSR count). The van der Waals surface area contributed by atoms with Crippen LogP contribution in [0.5, 0.6) is 0 Å². The second kappa shape index (κ2) is 5.18. The summed E-state index contributed by atoms with van der Waals surface area (Å²) in [4.78, 5) is 22.2. The lowest BCUT2D eigenvalue weighted by Gasteiger charge is -2.30. The quantitative estimate of drug-likeness (QED) is 0.663. The second-order valence-corrected chi connectivity index (χ2v) is 4.62. The Morgan fingerprint density at radius 2 is 2.11 bits per heavy atom. The van der Waals surface area contributed by atoms with E-state index in [9.17, 15) is 9.59 Å². The third-order valence-electron chi connectivity index (χ3n) is 3.24. The van der Waals surface area contributed by atoms with Crippen molar-refractivity contribution in [3.63, 3.8) is 0 Å². The van der Waals surface area contributed by atoms with Crippen LogP contribution in [0.15, 0.2) is 24.3 Å². The Morgan fingerprint density at radius 1 is 1.39 bits per heavy atom. The molecule has 0 radical (unpaired) electrons. The van der Waals surface area contributed by atoms with Gasteiger partial charge in [-0.3, -0.25) is 9.59 Å². The fourth-order valence-electron chi connectivity index (χ4n) is 2.21. The van der Waals surface area contributed by atoms with Crippen molar-refractivity contribution in [2.75, 3.05) is 6.54 Å². The number of carbonyl (C=O) groups excluding carboxylic acids is 2. The van der Waals surface area contributed by atoms with Crippen LogP contribution in [0.1, 0.15) is 23.5 Å². The minimum absolute atomic E-state index is 0.118. The van der Waals surface area contributed by atoms with Gasteiger partial charge in [-0.15, -0.1) is 0 Å². The molecule has 0 aromatic heterocycles. The third-order valence-corrected chi connectivity index (χ3v) is 3.24. The van der Waals surface area contributed by atoms with Crippen molar-refractivity contribution in [2.45, 2.75) is 24.8 Å². The lowest BCUT2D eigenvalue weighted by atomic mass is 9.77. The molecule has 0 fully saturated rings. The van der Waals surface area contributed by atoms with E-state index in [1.165, 1.54) is 11.1 Å². The van der Waals surface area contributed by atoms with E-state index in [1.807, 2.05) is 12.1 Å². The Labute approximate surface area is 106 Å². The number of hydrogen-bond donors (Lipinski definition) is 3. The highest BCUT2D eigenvalue weighted by atomic mass is 16.2. The predicted molar refractivity (Wildman–Crippen MR) is 67.7 cm³/mol. The normalized spacial score (nSPS) is 18.4. The molecule has 96 valence electrons. The van der Waals surface area contributed by atoms with Crippen LogP contribution in [-0.2, 0) is 16.0 Å². The summed E-state index contributed by atoms with van der Waals surface area (Å²) in [7, 11) is 0. The summed E-state index contributed by atoms with van der Waals surface area (Å²) in [6.07, 6.45) is 0.856. The van der Waals surface area contributed by atoms with Gasteiger partial charge in [0.1, 0.15) is 0 Å². The zero-order valence-electron chi connectivity index (χ0n) is 10.1. The van der Waals surface area contributed by atoms with E-state index in [0.29, 0.717) is 12.5 Å². The molecule has 0 bridgehead atoms. The van der Waals surface area contributed by atoms with Gasteiger partial charge < -0.3 is 16.8 Å². The average Bonchev–Trinajstić information content (AvgIpc) is 2.29. The summed E-state index contributed by atoms with van der Waals surface area (Å²) in [5.74, 6) is -0.532. The Bertz CT molecular complexity index is 473. The van der Waals surface area contributed by atoms with Crippen molar-refractivity contribution < 1.29 is 9.59 Å². The fraction of sp³-hybridized carbons (Fsp3) is 0.385. The van der Waals surface area contributed by atoms with Crippen LogP contribution < -0.4 is 16.8 Å². The molecule has 1 aromatic carbocycles. The molecule has 1 aromatic rings.